The number of amides is 2. The summed E-state index contributed by atoms with van der Waals surface area (Å²) in [6, 6.07) is 0.120. The van der Waals surface area contributed by atoms with Gasteiger partial charge < -0.3 is 10.2 Å². The third-order valence-electron chi connectivity index (χ3n) is 5.03. The predicted molar refractivity (Wildman–Crippen MR) is 93.0 cm³/mol. The molecule has 25 heavy (non-hydrogen) atoms. The highest BCUT2D eigenvalue weighted by Gasteiger charge is 2.28. The van der Waals surface area contributed by atoms with E-state index in [1.807, 2.05) is 29.7 Å². The maximum absolute atomic E-state index is 12.6. The number of urea groups is 1. The molecule has 1 unspecified atom stereocenters. The van der Waals surface area contributed by atoms with Gasteiger partial charge in [-0.25, -0.2) is 14.8 Å². The van der Waals surface area contributed by atoms with Crippen LogP contribution in [0.5, 0.6) is 0 Å². The van der Waals surface area contributed by atoms with Gasteiger partial charge >= 0.3 is 6.03 Å². The summed E-state index contributed by atoms with van der Waals surface area (Å²) in [6.07, 6.45) is 13.8. The van der Waals surface area contributed by atoms with Crippen LogP contribution in [-0.2, 0) is 6.42 Å². The lowest BCUT2D eigenvalue weighted by atomic mass is 9.98. The minimum atomic E-state index is 0.00131. The number of likely N-dealkylation sites (tertiary alicyclic amines) is 1. The van der Waals surface area contributed by atoms with Gasteiger partial charge in [0, 0.05) is 43.2 Å². The van der Waals surface area contributed by atoms with E-state index in [9.17, 15) is 4.79 Å². The Labute approximate surface area is 147 Å². The first-order valence-corrected chi connectivity index (χ1v) is 9.15. The van der Waals surface area contributed by atoms with Crippen LogP contribution in [0.15, 0.2) is 24.8 Å². The molecule has 7 nitrogen and oxygen atoms in total. The number of hydrogen-bond acceptors (Lipinski definition) is 4. The van der Waals surface area contributed by atoms with Gasteiger partial charge in [0.25, 0.3) is 0 Å². The first kappa shape index (κ1) is 16.1. The van der Waals surface area contributed by atoms with Gasteiger partial charge in [-0.2, -0.15) is 5.10 Å². The molecule has 2 fully saturated rings. The van der Waals surface area contributed by atoms with Crippen molar-refractivity contribution in [1.82, 2.24) is 30.4 Å². The molecule has 0 radical (unpaired) electrons. The SMILES string of the molecule is O=C(NCCc1cnc(C2CC2)nc1)N1CCCCC1c1cn[nH]c1. The summed E-state index contributed by atoms with van der Waals surface area (Å²) >= 11 is 0. The van der Waals surface area contributed by atoms with E-state index < -0.39 is 0 Å². The van der Waals surface area contributed by atoms with E-state index in [-0.39, 0.29) is 12.1 Å². The molecule has 2 aliphatic rings. The number of carbonyl (C=O) groups excluding carboxylic acids is 1. The van der Waals surface area contributed by atoms with Crippen molar-refractivity contribution in [3.05, 3.63) is 41.7 Å². The second kappa shape index (κ2) is 7.21. The lowest BCUT2D eigenvalue weighted by Crippen LogP contribution is -2.45. The lowest BCUT2D eigenvalue weighted by Gasteiger charge is -2.35. The zero-order chi connectivity index (χ0) is 17.1. The Kier molecular flexibility index (Phi) is 4.63. The molecule has 2 aromatic rings. The molecule has 1 atom stereocenters. The van der Waals surface area contributed by atoms with E-state index in [4.69, 9.17) is 0 Å². The monoisotopic (exact) mass is 340 g/mol. The highest BCUT2D eigenvalue weighted by Crippen LogP contribution is 2.37. The average molecular weight is 340 g/mol. The number of aromatic nitrogens is 4. The quantitative estimate of drug-likeness (QED) is 0.876. The predicted octanol–water partition coefficient (Wildman–Crippen LogP) is 2.56. The summed E-state index contributed by atoms with van der Waals surface area (Å²) in [5.74, 6) is 1.54. The van der Waals surface area contributed by atoms with Crippen molar-refractivity contribution >= 4 is 6.03 Å². The second-order valence-electron chi connectivity index (χ2n) is 6.94. The number of piperidine rings is 1. The van der Waals surface area contributed by atoms with Crippen molar-refractivity contribution in [2.75, 3.05) is 13.1 Å². The second-order valence-corrected chi connectivity index (χ2v) is 6.94. The minimum absolute atomic E-state index is 0.00131. The molecule has 1 aliphatic heterocycles. The van der Waals surface area contributed by atoms with Crippen LogP contribution in [0.1, 0.15) is 61.0 Å². The molecular formula is C18H24N6O. The number of nitrogens with one attached hydrogen (secondary N) is 2. The van der Waals surface area contributed by atoms with Crippen LogP contribution in [0.3, 0.4) is 0 Å². The zero-order valence-electron chi connectivity index (χ0n) is 14.3. The fourth-order valence-electron chi connectivity index (χ4n) is 3.43. The van der Waals surface area contributed by atoms with Crippen LogP contribution in [0.25, 0.3) is 0 Å². The van der Waals surface area contributed by atoms with Crippen LogP contribution in [0, 0.1) is 0 Å². The van der Waals surface area contributed by atoms with Crippen molar-refractivity contribution in [1.29, 1.82) is 0 Å². The normalized spacial score (nSPS) is 20.5. The summed E-state index contributed by atoms with van der Waals surface area (Å²) in [5, 5.41) is 9.91. The minimum Gasteiger partial charge on any atom is -0.338 e. The van der Waals surface area contributed by atoms with Crippen molar-refractivity contribution in [2.45, 2.75) is 50.5 Å². The molecule has 7 heteroatoms. The molecule has 4 rings (SSSR count). The van der Waals surface area contributed by atoms with Gasteiger partial charge in [0.15, 0.2) is 0 Å². The molecule has 1 saturated heterocycles. The maximum atomic E-state index is 12.6. The van der Waals surface area contributed by atoms with Gasteiger partial charge in [0.1, 0.15) is 5.82 Å². The van der Waals surface area contributed by atoms with E-state index in [1.54, 1.807) is 0 Å². The van der Waals surface area contributed by atoms with Crippen LogP contribution in [0.4, 0.5) is 4.79 Å². The third kappa shape index (κ3) is 3.81. The van der Waals surface area contributed by atoms with E-state index in [1.165, 1.54) is 12.8 Å². The van der Waals surface area contributed by atoms with E-state index in [2.05, 4.69) is 25.5 Å². The molecule has 1 aliphatic carbocycles. The fraction of sp³-hybridized carbons (Fsp3) is 0.556. The summed E-state index contributed by atoms with van der Waals surface area (Å²) in [6.45, 7) is 1.39. The molecule has 0 aromatic carbocycles. The fourth-order valence-corrected chi connectivity index (χ4v) is 3.43. The summed E-state index contributed by atoms with van der Waals surface area (Å²) < 4.78 is 0. The first-order chi connectivity index (χ1) is 12.3. The van der Waals surface area contributed by atoms with Crippen molar-refractivity contribution < 1.29 is 4.79 Å². The summed E-state index contributed by atoms with van der Waals surface area (Å²) in [5.41, 5.74) is 2.15. The molecule has 2 N–H and O–H groups in total. The van der Waals surface area contributed by atoms with Crippen molar-refractivity contribution in [2.24, 2.45) is 0 Å². The Hall–Kier alpha value is -2.44. The molecule has 3 heterocycles. The number of hydrogen-bond donors (Lipinski definition) is 2. The number of nitrogens with zero attached hydrogens (tertiary/aromatic N) is 4. The largest absolute Gasteiger partial charge is 0.338 e. The molecule has 1 saturated carbocycles. The smallest absolute Gasteiger partial charge is 0.317 e. The Bertz CT molecular complexity index is 695. The van der Waals surface area contributed by atoms with Crippen LogP contribution < -0.4 is 5.32 Å². The summed E-state index contributed by atoms with van der Waals surface area (Å²) in [4.78, 5) is 23.4. The van der Waals surface area contributed by atoms with Crippen molar-refractivity contribution in [3.63, 3.8) is 0 Å². The van der Waals surface area contributed by atoms with Crippen LogP contribution in [-0.4, -0.2) is 44.2 Å². The molecule has 0 bridgehead atoms. The molecule has 0 spiro atoms. The van der Waals surface area contributed by atoms with E-state index >= 15 is 0 Å². The topological polar surface area (TPSA) is 86.8 Å². The van der Waals surface area contributed by atoms with Gasteiger partial charge in [0.2, 0.25) is 0 Å². The molecular weight excluding hydrogens is 316 g/mol. The number of aromatic amines is 1. The molecule has 132 valence electrons. The molecule has 2 amide bonds. The van der Waals surface area contributed by atoms with Gasteiger partial charge in [-0.1, -0.05) is 0 Å². The third-order valence-corrected chi connectivity index (χ3v) is 5.03. The zero-order valence-corrected chi connectivity index (χ0v) is 14.3. The number of carbonyl (C=O) groups is 1. The van der Waals surface area contributed by atoms with E-state index in [0.717, 1.165) is 49.2 Å². The Balaban J connectivity index is 1.30. The average Bonchev–Trinajstić information content (AvgIpc) is 3.36. The standard InChI is InChI=1S/C18H24N6O/c25-18(24-8-2-1-3-16(24)15-11-22-23-12-15)19-7-6-13-9-20-17(21-10-13)14-4-5-14/h9-12,14,16H,1-8H2,(H,19,25)(H,22,23). The van der Waals surface area contributed by atoms with Gasteiger partial charge in [-0.3, -0.25) is 5.10 Å². The van der Waals surface area contributed by atoms with Crippen LogP contribution in [0.2, 0.25) is 0 Å². The van der Waals surface area contributed by atoms with Crippen molar-refractivity contribution in [3.8, 4) is 0 Å². The van der Waals surface area contributed by atoms with E-state index in [0.29, 0.717) is 12.5 Å². The number of rotatable bonds is 5. The van der Waals surface area contributed by atoms with Gasteiger partial charge in [0.05, 0.1) is 12.2 Å². The van der Waals surface area contributed by atoms with Crippen LogP contribution >= 0.6 is 0 Å². The highest BCUT2D eigenvalue weighted by atomic mass is 16.2. The molecule has 2 aromatic heterocycles. The Morgan fingerprint density at radius 3 is 2.76 bits per heavy atom. The highest BCUT2D eigenvalue weighted by molar-refractivity contribution is 5.74. The van der Waals surface area contributed by atoms with Gasteiger partial charge in [-0.15, -0.1) is 0 Å². The maximum Gasteiger partial charge on any atom is 0.317 e. The summed E-state index contributed by atoms with van der Waals surface area (Å²) in [7, 11) is 0. The van der Waals surface area contributed by atoms with Gasteiger partial charge in [-0.05, 0) is 44.1 Å². The lowest BCUT2D eigenvalue weighted by molar-refractivity contribution is 0.151. The Morgan fingerprint density at radius 2 is 2.04 bits per heavy atom. The Morgan fingerprint density at radius 1 is 1.20 bits per heavy atom. The number of H-pyrrole nitrogens is 1. The first-order valence-electron chi connectivity index (χ1n) is 9.15.